The lowest BCUT2D eigenvalue weighted by molar-refractivity contribution is -0.117. The molecule has 1 aromatic heterocycles. The van der Waals surface area contributed by atoms with Crippen molar-refractivity contribution in [3.63, 3.8) is 0 Å². The number of nitrogens with zero attached hydrogens (tertiary/aromatic N) is 1. The highest BCUT2D eigenvalue weighted by molar-refractivity contribution is 6.04. The zero-order valence-corrected chi connectivity index (χ0v) is 14.3. The maximum Gasteiger partial charge on any atom is 0.302 e. The van der Waals surface area contributed by atoms with Gasteiger partial charge in [0.25, 0.3) is 5.91 Å². The molecule has 2 aromatic carbocycles. The number of para-hydroxylation sites is 3. The van der Waals surface area contributed by atoms with Crippen LogP contribution in [0.2, 0.25) is 0 Å². The van der Waals surface area contributed by atoms with Gasteiger partial charge in [-0.3, -0.25) is 14.9 Å². The zero-order chi connectivity index (χ0) is 18.6. The first-order valence-electron chi connectivity index (χ1n) is 8.59. The van der Waals surface area contributed by atoms with Crippen LogP contribution in [0.25, 0.3) is 0 Å². The van der Waals surface area contributed by atoms with Crippen LogP contribution in [0.1, 0.15) is 23.3 Å². The normalized spacial score (nSPS) is 13.0. The number of nitrogens with one attached hydrogen (secondary N) is 2. The number of rotatable bonds is 6. The molecule has 1 fully saturated rings. The van der Waals surface area contributed by atoms with Gasteiger partial charge in [0.1, 0.15) is 12.0 Å². The van der Waals surface area contributed by atoms with Gasteiger partial charge in [0, 0.05) is 5.92 Å². The van der Waals surface area contributed by atoms with E-state index in [-0.39, 0.29) is 23.5 Å². The van der Waals surface area contributed by atoms with Gasteiger partial charge >= 0.3 is 6.01 Å². The summed E-state index contributed by atoms with van der Waals surface area (Å²) in [6.45, 7) is 0. The number of anilines is 2. The Labute approximate surface area is 155 Å². The maximum absolute atomic E-state index is 12.5. The Bertz CT molecular complexity index is 964. The van der Waals surface area contributed by atoms with Crippen molar-refractivity contribution in [2.45, 2.75) is 12.8 Å². The molecule has 7 nitrogen and oxygen atoms in total. The van der Waals surface area contributed by atoms with Gasteiger partial charge in [-0.1, -0.05) is 30.3 Å². The second-order valence-corrected chi connectivity index (χ2v) is 6.17. The molecule has 4 rings (SSSR count). The Morgan fingerprint density at radius 3 is 2.52 bits per heavy atom. The van der Waals surface area contributed by atoms with Crippen LogP contribution in [-0.2, 0) is 4.79 Å². The monoisotopic (exact) mass is 363 g/mol. The third-order valence-corrected chi connectivity index (χ3v) is 4.02. The molecule has 27 heavy (non-hydrogen) atoms. The van der Waals surface area contributed by atoms with Gasteiger partial charge in [0.05, 0.1) is 5.69 Å². The van der Waals surface area contributed by atoms with Gasteiger partial charge in [-0.2, -0.15) is 4.98 Å². The van der Waals surface area contributed by atoms with Crippen molar-refractivity contribution < 1.29 is 18.7 Å². The van der Waals surface area contributed by atoms with Gasteiger partial charge in [0.15, 0.2) is 11.4 Å². The largest absolute Gasteiger partial charge is 0.455 e. The van der Waals surface area contributed by atoms with Crippen LogP contribution in [-0.4, -0.2) is 16.8 Å². The van der Waals surface area contributed by atoms with Crippen molar-refractivity contribution in [3.05, 3.63) is 66.6 Å². The molecule has 2 N–H and O–H groups in total. The minimum atomic E-state index is -0.463. The van der Waals surface area contributed by atoms with E-state index in [1.807, 2.05) is 36.4 Å². The summed E-state index contributed by atoms with van der Waals surface area (Å²) < 4.78 is 11.0. The number of ether oxygens (including phenoxy) is 1. The third kappa shape index (κ3) is 4.14. The van der Waals surface area contributed by atoms with Crippen molar-refractivity contribution >= 4 is 23.5 Å². The van der Waals surface area contributed by atoms with Gasteiger partial charge in [-0.15, -0.1) is 0 Å². The quantitative estimate of drug-likeness (QED) is 0.689. The summed E-state index contributed by atoms with van der Waals surface area (Å²) in [6.07, 6.45) is 2.95. The van der Waals surface area contributed by atoms with Gasteiger partial charge < -0.3 is 14.5 Å². The van der Waals surface area contributed by atoms with Crippen LogP contribution in [0.4, 0.5) is 11.7 Å². The molecular formula is C20H17N3O4. The number of oxazole rings is 1. The summed E-state index contributed by atoms with van der Waals surface area (Å²) in [5, 5.41) is 5.32. The lowest BCUT2D eigenvalue weighted by Gasteiger charge is -2.11. The molecular weight excluding hydrogens is 346 g/mol. The average molecular weight is 363 g/mol. The van der Waals surface area contributed by atoms with Crippen molar-refractivity contribution in [1.29, 1.82) is 0 Å². The minimum absolute atomic E-state index is 0.0193. The summed E-state index contributed by atoms with van der Waals surface area (Å²) in [5.41, 5.74) is 0.563. The molecule has 3 aromatic rings. The summed E-state index contributed by atoms with van der Waals surface area (Å²) >= 11 is 0. The topological polar surface area (TPSA) is 93.5 Å². The highest BCUT2D eigenvalue weighted by Crippen LogP contribution is 2.31. The van der Waals surface area contributed by atoms with Crippen molar-refractivity contribution in [3.8, 4) is 11.5 Å². The van der Waals surface area contributed by atoms with Crippen molar-refractivity contribution in [2.24, 2.45) is 5.92 Å². The Kier molecular flexibility index (Phi) is 4.57. The maximum atomic E-state index is 12.5. The smallest absolute Gasteiger partial charge is 0.302 e. The molecule has 1 aliphatic rings. The SMILES string of the molecule is O=C(Nc1ccccc1Oc1ccccc1)c1coc(NC(=O)C2CC2)n1. The molecule has 0 spiro atoms. The van der Waals surface area contributed by atoms with E-state index < -0.39 is 5.91 Å². The molecule has 1 aliphatic carbocycles. The first-order chi connectivity index (χ1) is 13.2. The molecule has 0 radical (unpaired) electrons. The van der Waals surface area contributed by atoms with Crippen LogP contribution in [0.3, 0.4) is 0 Å². The van der Waals surface area contributed by atoms with Crippen LogP contribution >= 0.6 is 0 Å². The summed E-state index contributed by atoms with van der Waals surface area (Å²) in [5.74, 6) is 0.588. The number of benzene rings is 2. The molecule has 0 saturated heterocycles. The molecule has 0 aliphatic heterocycles. The molecule has 136 valence electrons. The van der Waals surface area contributed by atoms with Gasteiger partial charge in [0.2, 0.25) is 5.91 Å². The molecule has 2 amide bonds. The zero-order valence-electron chi connectivity index (χ0n) is 14.3. The van der Waals surface area contributed by atoms with Crippen LogP contribution < -0.4 is 15.4 Å². The number of carbonyl (C=O) groups excluding carboxylic acids is 2. The Hall–Kier alpha value is -3.61. The van der Waals surface area contributed by atoms with E-state index >= 15 is 0 Å². The van der Waals surface area contributed by atoms with E-state index in [2.05, 4.69) is 15.6 Å². The molecule has 1 heterocycles. The highest BCUT2D eigenvalue weighted by Gasteiger charge is 2.30. The first kappa shape index (κ1) is 16.8. The Balaban J connectivity index is 1.45. The summed E-state index contributed by atoms with van der Waals surface area (Å²) in [6, 6.07) is 16.4. The number of hydrogen-bond donors (Lipinski definition) is 2. The predicted octanol–water partition coefficient (Wildman–Crippen LogP) is 4.07. The number of aromatic nitrogens is 1. The number of amides is 2. The fraction of sp³-hybridized carbons (Fsp3) is 0.150. The number of hydrogen-bond acceptors (Lipinski definition) is 5. The fourth-order valence-corrected chi connectivity index (χ4v) is 2.45. The molecule has 1 saturated carbocycles. The van der Waals surface area contributed by atoms with E-state index in [1.165, 1.54) is 6.26 Å². The van der Waals surface area contributed by atoms with E-state index in [4.69, 9.17) is 9.15 Å². The third-order valence-electron chi connectivity index (χ3n) is 4.02. The summed E-state index contributed by atoms with van der Waals surface area (Å²) in [4.78, 5) is 28.2. The lowest BCUT2D eigenvalue weighted by Crippen LogP contribution is -2.15. The standard InChI is InChI=1S/C20H17N3O4/c24-18(13-10-11-13)23-20-22-16(12-26-20)19(25)21-15-8-4-5-9-17(15)27-14-6-2-1-3-7-14/h1-9,12-13H,10-11H2,(H,21,25)(H,22,23,24). The summed E-state index contributed by atoms with van der Waals surface area (Å²) in [7, 11) is 0. The average Bonchev–Trinajstić information content (AvgIpc) is 3.44. The Morgan fingerprint density at radius 1 is 1.00 bits per heavy atom. The minimum Gasteiger partial charge on any atom is -0.455 e. The van der Waals surface area contributed by atoms with Crippen LogP contribution in [0, 0.1) is 5.92 Å². The number of carbonyl (C=O) groups is 2. The van der Waals surface area contributed by atoms with Crippen LogP contribution in [0.15, 0.2) is 65.3 Å². The fourth-order valence-electron chi connectivity index (χ4n) is 2.45. The molecule has 0 bridgehead atoms. The van der Waals surface area contributed by atoms with E-state index in [0.29, 0.717) is 17.2 Å². The molecule has 0 atom stereocenters. The predicted molar refractivity (Wildman–Crippen MR) is 98.8 cm³/mol. The van der Waals surface area contributed by atoms with E-state index in [0.717, 1.165) is 12.8 Å². The molecule has 0 unspecified atom stereocenters. The van der Waals surface area contributed by atoms with Crippen molar-refractivity contribution in [2.75, 3.05) is 10.6 Å². The second-order valence-electron chi connectivity index (χ2n) is 6.17. The van der Waals surface area contributed by atoms with E-state index in [1.54, 1.807) is 18.2 Å². The van der Waals surface area contributed by atoms with Gasteiger partial charge in [-0.05, 0) is 37.1 Å². The van der Waals surface area contributed by atoms with Crippen LogP contribution in [0.5, 0.6) is 11.5 Å². The van der Waals surface area contributed by atoms with E-state index in [9.17, 15) is 9.59 Å². The first-order valence-corrected chi connectivity index (χ1v) is 8.59. The van der Waals surface area contributed by atoms with Gasteiger partial charge in [-0.25, -0.2) is 0 Å². The molecule has 7 heteroatoms. The van der Waals surface area contributed by atoms with Crippen molar-refractivity contribution in [1.82, 2.24) is 4.98 Å². The Morgan fingerprint density at radius 2 is 1.74 bits per heavy atom. The second kappa shape index (κ2) is 7.33. The lowest BCUT2D eigenvalue weighted by atomic mass is 10.2. The highest BCUT2D eigenvalue weighted by atomic mass is 16.5.